The Hall–Kier alpha value is -2.58. The van der Waals surface area contributed by atoms with E-state index in [1.54, 1.807) is 62.4 Å². The highest BCUT2D eigenvalue weighted by atomic mass is 32.2. The number of nitrogens with zero attached hydrogens (tertiary/aromatic N) is 1. The minimum absolute atomic E-state index is 0.137. The third-order valence-electron chi connectivity index (χ3n) is 6.70. The van der Waals surface area contributed by atoms with Crippen LogP contribution in [0.15, 0.2) is 53.4 Å². The number of ether oxygens (including phenoxy) is 3. The van der Waals surface area contributed by atoms with Crippen LogP contribution in [0, 0.1) is 5.92 Å². The van der Waals surface area contributed by atoms with Gasteiger partial charge in [-0.1, -0.05) is 38.8 Å². The Bertz CT molecular complexity index is 1060. The standard InChI is InChI=1S/C29H41NO6S/c1-4-6-21-35-26-14-16-27(17-15-26)37(32,33)28(23(3)29(31)34-5-2)24-10-12-25(13-11-24)36-22-20-30-18-8-7-9-19-30/h10-17,23,28H,4-9,18-22H2,1-3H3. The van der Waals surface area contributed by atoms with Gasteiger partial charge < -0.3 is 14.2 Å². The molecule has 2 atom stereocenters. The van der Waals surface area contributed by atoms with Crippen LogP contribution in [0.25, 0.3) is 0 Å². The third kappa shape index (κ3) is 8.20. The molecule has 204 valence electrons. The zero-order valence-electron chi connectivity index (χ0n) is 22.4. The second-order valence-corrected chi connectivity index (χ2v) is 11.6. The molecule has 2 aromatic carbocycles. The van der Waals surface area contributed by atoms with Crippen molar-refractivity contribution in [3.05, 3.63) is 54.1 Å². The number of rotatable bonds is 14. The first-order valence-corrected chi connectivity index (χ1v) is 15.0. The van der Waals surface area contributed by atoms with Crippen LogP contribution >= 0.6 is 0 Å². The summed E-state index contributed by atoms with van der Waals surface area (Å²) in [5, 5.41) is -1.10. The van der Waals surface area contributed by atoms with E-state index in [2.05, 4.69) is 11.8 Å². The van der Waals surface area contributed by atoms with Gasteiger partial charge >= 0.3 is 5.97 Å². The minimum atomic E-state index is -3.91. The van der Waals surface area contributed by atoms with Crippen molar-refractivity contribution in [2.45, 2.75) is 63.0 Å². The van der Waals surface area contributed by atoms with E-state index in [0.717, 1.165) is 32.5 Å². The van der Waals surface area contributed by atoms with Crippen LogP contribution in [0.5, 0.6) is 11.5 Å². The van der Waals surface area contributed by atoms with Gasteiger partial charge in [-0.25, -0.2) is 8.42 Å². The number of hydrogen-bond donors (Lipinski definition) is 0. The number of benzene rings is 2. The largest absolute Gasteiger partial charge is 0.494 e. The summed E-state index contributed by atoms with van der Waals surface area (Å²) in [6.45, 7) is 9.83. The maximum absolute atomic E-state index is 13.8. The Morgan fingerprint density at radius 1 is 0.892 bits per heavy atom. The zero-order chi connectivity index (χ0) is 26.7. The van der Waals surface area contributed by atoms with Crippen LogP contribution in [0.4, 0.5) is 0 Å². The lowest BCUT2D eigenvalue weighted by molar-refractivity contribution is -0.147. The number of hydrogen-bond acceptors (Lipinski definition) is 7. The normalized spacial score (nSPS) is 16.1. The number of unbranched alkanes of at least 4 members (excludes halogenated alkanes) is 1. The monoisotopic (exact) mass is 531 g/mol. The number of carbonyl (C=O) groups is 1. The van der Waals surface area contributed by atoms with Gasteiger partial charge in [-0.15, -0.1) is 0 Å². The number of piperidine rings is 1. The van der Waals surface area contributed by atoms with Crippen molar-refractivity contribution in [3.8, 4) is 11.5 Å². The number of sulfone groups is 1. The van der Waals surface area contributed by atoms with E-state index < -0.39 is 27.0 Å². The Kier molecular flexibility index (Phi) is 11.3. The van der Waals surface area contributed by atoms with Crippen molar-refractivity contribution in [2.75, 3.05) is 39.5 Å². The molecule has 0 spiro atoms. The van der Waals surface area contributed by atoms with Gasteiger partial charge in [0.1, 0.15) is 23.4 Å². The van der Waals surface area contributed by atoms with Crippen LogP contribution in [0.1, 0.15) is 63.7 Å². The molecular weight excluding hydrogens is 490 g/mol. The zero-order valence-corrected chi connectivity index (χ0v) is 23.2. The summed E-state index contributed by atoms with van der Waals surface area (Å²) < 4.78 is 44.4. The van der Waals surface area contributed by atoms with E-state index >= 15 is 0 Å². The quantitative estimate of drug-likeness (QED) is 0.237. The second kappa shape index (κ2) is 14.4. The van der Waals surface area contributed by atoms with Gasteiger partial charge in [0.15, 0.2) is 9.84 Å². The summed E-state index contributed by atoms with van der Waals surface area (Å²) in [5.74, 6) is -0.142. The minimum Gasteiger partial charge on any atom is -0.494 e. The summed E-state index contributed by atoms with van der Waals surface area (Å²) in [6, 6.07) is 13.4. The Labute approximate surface area is 222 Å². The molecule has 7 nitrogen and oxygen atoms in total. The molecule has 0 aliphatic carbocycles. The van der Waals surface area contributed by atoms with E-state index in [1.165, 1.54) is 19.3 Å². The first-order chi connectivity index (χ1) is 17.9. The smallest absolute Gasteiger partial charge is 0.310 e. The topological polar surface area (TPSA) is 82.1 Å². The molecule has 3 rings (SSSR count). The van der Waals surface area contributed by atoms with Gasteiger partial charge in [-0.3, -0.25) is 9.69 Å². The second-order valence-electron chi connectivity index (χ2n) is 9.50. The molecule has 0 amide bonds. The molecule has 1 aliphatic rings. The summed E-state index contributed by atoms with van der Waals surface area (Å²) in [4.78, 5) is 15.2. The molecule has 1 saturated heterocycles. The summed E-state index contributed by atoms with van der Waals surface area (Å²) in [7, 11) is -3.91. The predicted octanol–water partition coefficient (Wildman–Crippen LogP) is 5.44. The first kappa shape index (κ1) is 29.0. The van der Waals surface area contributed by atoms with Gasteiger partial charge in [0.05, 0.1) is 24.0 Å². The molecule has 0 aromatic heterocycles. The van der Waals surface area contributed by atoms with Crippen LogP contribution in [0.3, 0.4) is 0 Å². The summed E-state index contributed by atoms with van der Waals surface area (Å²) >= 11 is 0. The van der Waals surface area contributed by atoms with E-state index in [4.69, 9.17) is 14.2 Å². The highest BCUT2D eigenvalue weighted by Gasteiger charge is 2.38. The SMILES string of the molecule is CCCCOc1ccc(S(=O)(=O)C(c2ccc(OCCN3CCCCC3)cc2)C(C)C(=O)OCC)cc1. The molecule has 37 heavy (non-hydrogen) atoms. The molecule has 0 radical (unpaired) electrons. The van der Waals surface area contributed by atoms with Crippen molar-refractivity contribution >= 4 is 15.8 Å². The van der Waals surface area contributed by atoms with Gasteiger partial charge in [0, 0.05) is 6.54 Å². The Morgan fingerprint density at radius 3 is 2.08 bits per heavy atom. The fourth-order valence-electron chi connectivity index (χ4n) is 4.57. The van der Waals surface area contributed by atoms with E-state index in [0.29, 0.717) is 30.3 Å². The molecule has 1 heterocycles. The van der Waals surface area contributed by atoms with Gasteiger partial charge in [-0.05, 0) is 81.2 Å². The van der Waals surface area contributed by atoms with Crippen molar-refractivity contribution in [1.82, 2.24) is 4.90 Å². The van der Waals surface area contributed by atoms with E-state index in [9.17, 15) is 13.2 Å². The molecule has 0 N–H and O–H groups in total. The lowest BCUT2D eigenvalue weighted by Crippen LogP contribution is -2.33. The van der Waals surface area contributed by atoms with Crippen LogP contribution in [0.2, 0.25) is 0 Å². The molecule has 1 aliphatic heterocycles. The Morgan fingerprint density at radius 2 is 1.49 bits per heavy atom. The average molecular weight is 532 g/mol. The highest BCUT2D eigenvalue weighted by molar-refractivity contribution is 7.91. The number of likely N-dealkylation sites (tertiary alicyclic amines) is 1. The first-order valence-electron chi connectivity index (χ1n) is 13.4. The van der Waals surface area contributed by atoms with Crippen LogP contribution in [-0.4, -0.2) is 58.7 Å². The van der Waals surface area contributed by atoms with Crippen molar-refractivity contribution in [1.29, 1.82) is 0 Å². The van der Waals surface area contributed by atoms with E-state index in [-0.39, 0.29) is 11.5 Å². The number of carbonyl (C=O) groups excluding carboxylic acids is 1. The molecular formula is C29H41NO6S. The lowest BCUT2D eigenvalue weighted by atomic mass is 10.0. The maximum atomic E-state index is 13.8. The van der Waals surface area contributed by atoms with Crippen molar-refractivity contribution in [3.63, 3.8) is 0 Å². The average Bonchev–Trinajstić information content (AvgIpc) is 2.91. The highest BCUT2D eigenvalue weighted by Crippen LogP contribution is 2.37. The molecule has 0 saturated carbocycles. The Balaban J connectivity index is 1.77. The lowest BCUT2D eigenvalue weighted by Gasteiger charge is -2.26. The third-order valence-corrected chi connectivity index (χ3v) is 8.98. The van der Waals surface area contributed by atoms with Gasteiger partial charge in [0.2, 0.25) is 0 Å². The summed E-state index contributed by atoms with van der Waals surface area (Å²) in [6.07, 6.45) is 5.71. The summed E-state index contributed by atoms with van der Waals surface area (Å²) in [5.41, 5.74) is 0.521. The molecule has 8 heteroatoms. The van der Waals surface area contributed by atoms with Crippen LogP contribution < -0.4 is 9.47 Å². The fraction of sp³-hybridized carbons (Fsp3) is 0.552. The van der Waals surface area contributed by atoms with Gasteiger partial charge in [0.25, 0.3) is 0 Å². The van der Waals surface area contributed by atoms with Crippen molar-refractivity contribution in [2.24, 2.45) is 5.92 Å². The predicted molar refractivity (Wildman–Crippen MR) is 145 cm³/mol. The fourth-order valence-corrected chi connectivity index (χ4v) is 6.54. The molecule has 2 aromatic rings. The van der Waals surface area contributed by atoms with Crippen molar-refractivity contribution < 1.29 is 27.4 Å². The molecule has 1 fully saturated rings. The van der Waals surface area contributed by atoms with Gasteiger partial charge in [-0.2, -0.15) is 0 Å². The molecule has 0 bridgehead atoms. The number of esters is 1. The molecule has 2 unspecified atom stereocenters. The van der Waals surface area contributed by atoms with E-state index in [1.807, 2.05) is 0 Å². The maximum Gasteiger partial charge on any atom is 0.310 e. The van der Waals surface area contributed by atoms with Crippen LogP contribution in [-0.2, 0) is 19.4 Å².